The molecule has 6 nitrogen and oxygen atoms in total. The molecule has 0 aliphatic rings. The zero-order chi connectivity index (χ0) is 38.2. The van der Waals surface area contributed by atoms with E-state index in [0.717, 1.165) is 64.2 Å². The van der Waals surface area contributed by atoms with Crippen molar-refractivity contribution >= 4 is 16.0 Å². The molecule has 7 heteroatoms. The molecule has 52 heavy (non-hydrogen) atoms. The summed E-state index contributed by atoms with van der Waals surface area (Å²) in [5.74, 6) is -0.994. The summed E-state index contributed by atoms with van der Waals surface area (Å²) in [4.78, 5) is 12.5. The fourth-order valence-corrected chi connectivity index (χ4v) is 7.19. The number of amides is 1. The third-order valence-electron chi connectivity index (χ3n) is 9.75. The molecule has 0 spiro atoms. The summed E-state index contributed by atoms with van der Waals surface area (Å²) in [6.45, 7) is 4.50. The maximum atomic E-state index is 12.5. The van der Waals surface area contributed by atoms with Crippen molar-refractivity contribution in [3.8, 4) is 0 Å². The Labute approximate surface area is 322 Å². The molecule has 304 valence electrons. The van der Waals surface area contributed by atoms with Gasteiger partial charge < -0.3 is 10.4 Å². The number of hydrogen-bond donors (Lipinski definition) is 3. The van der Waals surface area contributed by atoms with Gasteiger partial charge in [0.2, 0.25) is 5.91 Å². The van der Waals surface area contributed by atoms with E-state index in [1.165, 1.54) is 128 Å². The van der Waals surface area contributed by atoms with Gasteiger partial charge in [-0.25, -0.2) is 0 Å². The van der Waals surface area contributed by atoms with Crippen molar-refractivity contribution in [1.82, 2.24) is 5.32 Å². The molecule has 0 saturated carbocycles. The van der Waals surface area contributed by atoms with Crippen LogP contribution >= 0.6 is 0 Å². The third kappa shape index (κ3) is 39.5. The largest absolute Gasteiger partial charge is 0.387 e. The highest BCUT2D eigenvalue weighted by molar-refractivity contribution is 7.85. The average molecular weight is 750 g/mol. The van der Waals surface area contributed by atoms with Crippen LogP contribution in [-0.4, -0.2) is 41.9 Å². The number of aliphatic hydroxyl groups excluding tert-OH is 1. The van der Waals surface area contributed by atoms with Crippen molar-refractivity contribution in [3.63, 3.8) is 0 Å². The minimum atomic E-state index is -4.35. The topological polar surface area (TPSA) is 104 Å². The van der Waals surface area contributed by atoms with Crippen LogP contribution in [0.2, 0.25) is 0 Å². The average Bonchev–Trinajstić information content (AvgIpc) is 3.11. The van der Waals surface area contributed by atoms with Gasteiger partial charge in [-0.15, -0.1) is 0 Å². The van der Waals surface area contributed by atoms with E-state index in [2.05, 4.69) is 55.6 Å². The number of carbonyl (C=O) groups excluding carboxylic acids is 1. The van der Waals surface area contributed by atoms with E-state index in [0.29, 0.717) is 0 Å². The fraction of sp³-hybridized carbons (Fsp3) is 0.800. The van der Waals surface area contributed by atoms with Crippen LogP contribution in [0, 0.1) is 0 Å². The van der Waals surface area contributed by atoms with E-state index in [9.17, 15) is 22.9 Å². The minimum absolute atomic E-state index is 0.280. The molecule has 2 unspecified atom stereocenters. The van der Waals surface area contributed by atoms with Crippen LogP contribution in [0.25, 0.3) is 0 Å². The predicted molar refractivity (Wildman–Crippen MR) is 225 cm³/mol. The normalized spacial score (nSPS) is 13.7. The van der Waals surface area contributed by atoms with Gasteiger partial charge in [0.15, 0.2) is 0 Å². The Hall–Kier alpha value is -1.70. The van der Waals surface area contributed by atoms with E-state index in [1.807, 2.05) is 6.08 Å². The van der Waals surface area contributed by atoms with Crippen LogP contribution in [0.5, 0.6) is 0 Å². The van der Waals surface area contributed by atoms with Gasteiger partial charge in [-0.1, -0.05) is 197 Å². The van der Waals surface area contributed by atoms with Gasteiger partial charge in [-0.2, -0.15) is 8.42 Å². The van der Waals surface area contributed by atoms with E-state index in [4.69, 9.17) is 0 Å². The molecule has 0 bridgehead atoms. The number of nitrogens with one attached hydrogen (secondary N) is 1. The van der Waals surface area contributed by atoms with Gasteiger partial charge in [0, 0.05) is 6.42 Å². The highest BCUT2D eigenvalue weighted by Crippen LogP contribution is 2.15. The van der Waals surface area contributed by atoms with Crippen LogP contribution in [-0.2, 0) is 14.9 Å². The molecular weight excluding hydrogens is 667 g/mol. The molecule has 0 aliphatic heterocycles. The van der Waals surface area contributed by atoms with Crippen LogP contribution in [0.1, 0.15) is 213 Å². The molecule has 0 saturated heterocycles. The maximum absolute atomic E-state index is 12.5. The fourth-order valence-electron chi connectivity index (χ4n) is 6.46. The minimum Gasteiger partial charge on any atom is -0.387 e. The first-order valence-corrected chi connectivity index (χ1v) is 23.4. The van der Waals surface area contributed by atoms with Crippen molar-refractivity contribution in [1.29, 1.82) is 0 Å². The van der Waals surface area contributed by atoms with Gasteiger partial charge in [0.25, 0.3) is 10.1 Å². The summed E-state index contributed by atoms with van der Waals surface area (Å²) >= 11 is 0. The second-order valence-electron chi connectivity index (χ2n) is 15.0. The lowest BCUT2D eigenvalue weighted by Crippen LogP contribution is -2.46. The monoisotopic (exact) mass is 750 g/mol. The molecule has 0 aromatic carbocycles. The van der Waals surface area contributed by atoms with Gasteiger partial charge in [0.05, 0.1) is 17.9 Å². The molecular formula is C45H83NO5S. The summed E-state index contributed by atoms with van der Waals surface area (Å²) in [6, 6.07) is -1.06. The van der Waals surface area contributed by atoms with Gasteiger partial charge in [-0.3, -0.25) is 9.35 Å². The molecule has 0 fully saturated rings. The third-order valence-corrected chi connectivity index (χ3v) is 10.5. The summed E-state index contributed by atoms with van der Waals surface area (Å²) < 4.78 is 32.5. The number of hydrogen-bond acceptors (Lipinski definition) is 4. The molecule has 0 radical (unpaired) electrons. The quantitative estimate of drug-likeness (QED) is 0.0330. The molecule has 0 heterocycles. The summed E-state index contributed by atoms with van der Waals surface area (Å²) in [5, 5.41) is 13.2. The van der Waals surface area contributed by atoms with Crippen molar-refractivity contribution in [2.75, 3.05) is 5.75 Å². The Kier molecular flexibility index (Phi) is 37.7. The highest BCUT2D eigenvalue weighted by Gasteiger charge is 2.24. The molecule has 3 N–H and O–H groups in total. The highest BCUT2D eigenvalue weighted by atomic mass is 32.2. The Morgan fingerprint density at radius 1 is 0.519 bits per heavy atom. The predicted octanol–water partition coefficient (Wildman–Crippen LogP) is 13.1. The molecule has 0 rings (SSSR count). The lowest BCUT2D eigenvalue weighted by atomic mass is 10.0. The van der Waals surface area contributed by atoms with Crippen LogP contribution in [0.15, 0.2) is 48.6 Å². The molecule has 0 aliphatic carbocycles. The zero-order valence-corrected chi connectivity index (χ0v) is 34.7. The maximum Gasteiger partial charge on any atom is 0.267 e. The molecule has 0 aromatic heterocycles. The van der Waals surface area contributed by atoms with Crippen molar-refractivity contribution in [3.05, 3.63) is 48.6 Å². The Morgan fingerprint density at radius 2 is 0.865 bits per heavy atom. The summed E-state index contributed by atoms with van der Waals surface area (Å²) in [5.41, 5.74) is 0. The zero-order valence-electron chi connectivity index (χ0n) is 33.9. The number of allylic oxidation sites excluding steroid dienone is 7. The van der Waals surface area contributed by atoms with Gasteiger partial charge >= 0.3 is 0 Å². The number of unbranched alkanes of at least 4 members (excludes halogenated alkanes) is 25. The van der Waals surface area contributed by atoms with E-state index < -0.39 is 28.0 Å². The second-order valence-corrected chi connectivity index (χ2v) is 16.5. The first kappa shape index (κ1) is 50.3. The molecule has 2 atom stereocenters. The van der Waals surface area contributed by atoms with Crippen LogP contribution in [0.3, 0.4) is 0 Å². The lowest BCUT2D eigenvalue weighted by Gasteiger charge is -2.21. The van der Waals surface area contributed by atoms with E-state index in [-0.39, 0.29) is 12.3 Å². The van der Waals surface area contributed by atoms with Crippen molar-refractivity contribution in [2.45, 2.75) is 225 Å². The van der Waals surface area contributed by atoms with Crippen LogP contribution < -0.4 is 5.32 Å². The lowest BCUT2D eigenvalue weighted by molar-refractivity contribution is -0.122. The standard InChI is InChI=1S/C45H83NO5S/c1-3-5-7-9-11-13-15-17-19-21-23-25-27-29-31-33-35-37-39-41-45(48)46-43(42-52(49,50)51)44(47)40-38-36-34-32-30-28-26-24-22-20-18-16-14-12-10-8-6-4-2/h11,13,17,19,23,25,38,40,43-44,47H,3-10,12,14-16,18,20-22,24,26-37,39,41-42H2,1-2H3,(H,46,48)(H,49,50,51)/b13-11-,19-17-,25-23-,40-38+. The summed E-state index contributed by atoms with van der Waals surface area (Å²) in [6.07, 6.45) is 52.3. The van der Waals surface area contributed by atoms with E-state index in [1.54, 1.807) is 6.08 Å². The molecule has 0 aromatic rings. The second kappa shape index (κ2) is 39.0. The number of aliphatic hydroxyl groups is 1. The molecule has 1 amide bonds. The Morgan fingerprint density at radius 3 is 1.31 bits per heavy atom. The number of carbonyl (C=O) groups is 1. The van der Waals surface area contributed by atoms with Gasteiger partial charge in [0.1, 0.15) is 0 Å². The Bertz CT molecular complexity index is 1000. The number of rotatable bonds is 39. The first-order valence-electron chi connectivity index (χ1n) is 21.8. The van der Waals surface area contributed by atoms with Crippen molar-refractivity contribution < 1.29 is 22.9 Å². The van der Waals surface area contributed by atoms with Crippen LogP contribution in [0.4, 0.5) is 0 Å². The van der Waals surface area contributed by atoms with Gasteiger partial charge in [-0.05, 0) is 57.8 Å². The van der Waals surface area contributed by atoms with E-state index >= 15 is 0 Å². The smallest absolute Gasteiger partial charge is 0.267 e. The summed E-state index contributed by atoms with van der Waals surface area (Å²) in [7, 11) is -4.35. The Balaban J connectivity index is 3.93. The SMILES string of the molecule is CCCCC/C=C\C/C=C\C/C=C\CCCCCCCCC(=O)NC(CS(=O)(=O)O)C(O)/C=C/CCCCCCCCCCCCCCCCCC. The first-order chi connectivity index (χ1) is 25.3. The van der Waals surface area contributed by atoms with Crippen molar-refractivity contribution in [2.24, 2.45) is 0 Å².